The second-order valence-corrected chi connectivity index (χ2v) is 2.67. The van der Waals surface area contributed by atoms with Crippen LogP contribution in [0.1, 0.15) is 40.0 Å². The lowest BCUT2D eigenvalue weighted by Gasteiger charge is -2.26. The first-order valence-electron chi connectivity index (χ1n) is 4.16. The molecule has 0 aliphatic carbocycles. The highest BCUT2D eigenvalue weighted by Gasteiger charge is 2.19. The highest BCUT2D eigenvalue weighted by atomic mass is 16.3. The Labute approximate surface area is 63.6 Å². The number of aliphatic hydroxyl groups is 1. The molecule has 0 amide bonds. The van der Waals surface area contributed by atoms with Crippen LogP contribution < -0.4 is 5.32 Å². The normalized spacial score (nSPS) is 12.0. The van der Waals surface area contributed by atoms with Crippen LogP contribution in [0.15, 0.2) is 0 Å². The average Bonchev–Trinajstić information content (AvgIpc) is 2.00. The fraction of sp³-hybridized carbons (Fsp3) is 1.00. The van der Waals surface area contributed by atoms with Gasteiger partial charge in [0.25, 0.3) is 0 Å². The van der Waals surface area contributed by atoms with E-state index in [0.29, 0.717) is 0 Å². The minimum absolute atomic E-state index is 0.615. The Morgan fingerprint density at radius 3 is 2.00 bits per heavy atom. The standard InChI is InChI=1S/C8H19NO/c1-4-7-9-8(10,5-2)6-3/h9-10H,4-7H2,1-3H3. The highest BCUT2D eigenvalue weighted by Crippen LogP contribution is 2.09. The molecule has 2 N–H and O–H groups in total. The maximum atomic E-state index is 9.65. The second kappa shape index (κ2) is 4.69. The molecule has 0 aliphatic rings. The van der Waals surface area contributed by atoms with E-state index in [1.165, 1.54) is 0 Å². The molecule has 0 aliphatic heterocycles. The van der Waals surface area contributed by atoms with E-state index in [1.54, 1.807) is 0 Å². The predicted octanol–water partition coefficient (Wildman–Crippen LogP) is 1.49. The third kappa shape index (κ3) is 3.18. The Bertz CT molecular complexity index is 79.3. The van der Waals surface area contributed by atoms with Crippen molar-refractivity contribution in [1.29, 1.82) is 0 Å². The summed E-state index contributed by atoms with van der Waals surface area (Å²) >= 11 is 0. The second-order valence-electron chi connectivity index (χ2n) is 2.67. The van der Waals surface area contributed by atoms with Gasteiger partial charge in [0.05, 0.1) is 0 Å². The van der Waals surface area contributed by atoms with Crippen molar-refractivity contribution in [2.24, 2.45) is 0 Å². The molecule has 0 aromatic heterocycles. The average molecular weight is 145 g/mol. The number of hydrogen-bond donors (Lipinski definition) is 2. The molecule has 0 radical (unpaired) electrons. The summed E-state index contributed by atoms with van der Waals surface area (Å²) in [5.74, 6) is 0. The SMILES string of the molecule is CCCNC(O)(CC)CC. The lowest BCUT2D eigenvalue weighted by Crippen LogP contribution is -2.44. The van der Waals surface area contributed by atoms with Gasteiger partial charge in [-0.05, 0) is 25.8 Å². The first-order valence-corrected chi connectivity index (χ1v) is 4.16. The zero-order valence-electron chi connectivity index (χ0n) is 7.28. The zero-order valence-corrected chi connectivity index (χ0v) is 7.28. The molecule has 10 heavy (non-hydrogen) atoms. The van der Waals surface area contributed by atoms with Crippen LogP contribution in [-0.4, -0.2) is 17.4 Å². The van der Waals surface area contributed by atoms with Crippen LogP contribution in [0.25, 0.3) is 0 Å². The van der Waals surface area contributed by atoms with Crippen LogP contribution in [0.4, 0.5) is 0 Å². The Balaban J connectivity index is 3.58. The third-order valence-corrected chi connectivity index (χ3v) is 1.87. The molecule has 0 saturated heterocycles. The molecular weight excluding hydrogens is 126 g/mol. The summed E-state index contributed by atoms with van der Waals surface area (Å²) in [4.78, 5) is 0. The summed E-state index contributed by atoms with van der Waals surface area (Å²) < 4.78 is 0. The molecule has 0 fully saturated rings. The van der Waals surface area contributed by atoms with Gasteiger partial charge in [0, 0.05) is 0 Å². The van der Waals surface area contributed by atoms with Gasteiger partial charge in [-0.15, -0.1) is 0 Å². The van der Waals surface area contributed by atoms with Crippen LogP contribution in [0, 0.1) is 0 Å². The van der Waals surface area contributed by atoms with Crippen molar-refractivity contribution in [1.82, 2.24) is 5.32 Å². The van der Waals surface area contributed by atoms with Crippen molar-refractivity contribution in [3.05, 3.63) is 0 Å². The van der Waals surface area contributed by atoms with Gasteiger partial charge in [-0.25, -0.2) is 0 Å². The Morgan fingerprint density at radius 1 is 1.20 bits per heavy atom. The van der Waals surface area contributed by atoms with Gasteiger partial charge in [-0.3, -0.25) is 5.32 Å². The van der Waals surface area contributed by atoms with E-state index >= 15 is 0 Å². The summed E-state index contributed by atoms with van der Waals surface area (Å²) in [6.45, 7) is 6.98. The number of nitrogens with one attached hydrogen (secondary N) is 1. The summed E-state index contributed by atoms with van der Waals surface area (Å²) in [5, 5.41) is 12.7. The Hall–Kier alpha value is -0.0800. The number of rotatable bonds is 5. The van der Waals surface area contributed by atoms with E-state index in [2.05, 4.69) is 12.2 Å². The van der Waals surface area contributed by atoms with Gasteiger partial charge in [-0.2, -0.15) is 0 Å². The van der Waals surface area contributed by atoms with Crippen LogP contribution in [0.3, 0.4) is 0 Å². The molecule has 0 aromatic rings. The van der Waals surface area contributed by atoms with E-state index in [4.69, 9.17) is 0 Å². The van der Waals surface area contributed by atoms with Gasteiger partial charge in [0.2, 0.25) is 0 Å². The van der Waals surface area contributed by atoms with Crippen LogP contribution in [-0.2, 0) is 0 Å². The zero-order chi connectivity index (χ0) is 8.04. The highest BCUT2D eigenvalue weighted by molar-refractivity contribution is 4.70. The van der Waals surface area contributed by atoms with Gasteiger partial charge in [-0.1, -0.05) is 20.8 Å². The molecule has 0 rings (SSSR count). The van der Waals surface area contributed by atoms with E-state index in [-0.39, 0.29) is 0 Å². The first-order chi connectivity index (χ1) is 4.68. The first kappa shape index (κ1) is 9.92. The van der Waals surface area contributed by atoms with Crippen molar-refractivity contribution in [2.75, 3.05) is 6.54 Å². The molecule has 2 nitrogen and oxygen atoms in total. The lowest BCUT2D eigenvalue weighted by atomic mass is 10.1. The van der Waals surface area contributed by atoms with Crippen molar-refractivity contribution in [3.63, 3.8) is 0 Å². The molecule has 0 heterocycles. The molecule has 0 spiro atoms. The molecule has 0 atom stereocenters. The van der Waals surface area contributed by atoms with Crippen molar-refractivity contribution in [2.45, 2.75) is 45.8 Å². The summed E-state index contributed by atoms with van der Waals surface area (Å²) in [6.07, 6.45) is 2.63. The molecule has 2 heteroatoms. The monoisotopic (exact) mass is 145 g/mol. The maximum Gasteiger partial charge on any atom is 0.115 e. The summed E-state index contributed by atoms with van der Waals surface area (Å²) in [6, 6.07) is 0. The van der Waals surface area contributed by atoms with Crippen LogP contribution in [0.5, 0.6) is 0 Å². The predicted molar refractivity (Wildman–Crippen MR) is 43.8 cm³/mol. The van der Waals surface area contributed by atoms with Gasteiger partial charge in [0.15, 0.2) is 0 Å². The van der Waals surface area contributed by atoms with Crippen molar-refractivity contribution < 1.29 is 5.11 Å². The fourth-order valence-corrected chi connectivity index (χ4v) is 0.858. The van der Waals surface area contributed by atoms with E-state index in [0.717, 1.165) is 25.8 Å². The molecule has 62 valence electrons. The fourth-order valence-electron chi connectivity index (χ4n) is 0.858. The molecule has 0 aromatic carbocycles. The van der Waals surface area contributed by atoms with E-state index < -0.39 is 5.72 Å². The molecule has 0 saturated carbocycles. The van der Waals surface area contributed by atoms with Crippen molar-refractivity contribution in [3.8, 4) is 0 Å². The largest absolute Gasteiger partial charge is 0.376 e. The smallest absolute Gasteiger partial charge is 0.115 e. The van der Waals surface area contributed by atoms with Gasteiger partial charge >= 0.3 is 0 Å². The van der Waals surface area contributed by atoms with E-state index in [9.17, 15) is 5.11 Å². The van der Waals surface area contributed by atoms with Gasteiger partial charge in [0.1, 0.15) is 5.72 Å². The molecular formula is C8H19NO. The quantitative estimate of drug-likeness (QED) is 0.574. The number of hydrogen-bond acceptors (Lipinski definition) is 2. The summed E-state index contributed by atoms with van der Waals surface area (Å²) in [5.41, 5.74) is -0.615. The minimum Gasteiger partial charge on any atom is -0.376 e. The van der Waals surface area contributed by atoms with Crippen molar-refractivity contribution >= 4 is 0 Å². The Kier molecular flexibility index (Phi) is 4.65. The minimum atomic E-state index is -0.615. The topological polar surface area (TPSA) is 32.3 Å². The molecule has 0 unspecified atom stereocenters. The molecule has 0 bridgehead atoms. The Morgan fingerprint density at radius 2 is 1.70 bits per heavy atom. The van der Waals surface area contributed by atoms with Crippen LogP contribution >= 0.6 is 0 Å². The third-order valence-electron chi connectivity index (χ3n) is 1.87. The van der Waals surface area contributed by atoms with Gasteiger partial charge < -0.3 is 5.11 Å². The summed E-state index contributed by atoms with van der Waals surface area (Å²) in [7, 11) is 0. The maximum absolute atomic E-state index is 9.65. The van der Waals surface area contributed by atoms with Crippen LogP contribution in [0.2, 0.25) is 0 Å². The lowest BCUT2D eigenvalue weighted by molar-refractivity contribution is -0.00183. The van der Waals surface area contributed by atoms with E-state index in [1.807, 2.05) is 13.8 Å².